The maximum absolute atomic E-state index is 10.2. The SMILES string of the molecule is CCC(O)C1CCCCN1Cc1nc(-c2ccco2)no1. The van der Waals surface area contributed by atoms with E-state index < -0.39 is 0 Å². The summed E-state index contributed by atoms with van der Waals surface area (Å²) in [5, 5.41) is 14.1. The van der Waals surface area contributed by atoms with Crippen molar-refractivity contribution in [2.24, 2.45) is 0 Å². The van der Waals surface area contributed by atoms with Crippen molar-refractivity contribution < 1.29 is 14.0 Å². The molecule has 1 N–H and O–H groups in total. The Bertz CT molecular complexity index is 552. The Kier molecular flexibility index (Phi) is 4.36. The monoisotopic (exact) mass is 291 g/mol. The smallest absolute Gasteiger partial charge is 0.241 e. The molecule has 21 heavy (non-hydrogen) atoms. The summed E-state index contributed by atoms with van der Waals surface area (Å²) in [6.45, 7) is 3.55. The highest BCUT2D eigenvalue weighted by Crippen LogP contribution is 2.24. The van der Waals surface area contributed by atoms with Crippen LogP contribution in [-0.2, 0) is 6.54 Å². The van der Waals surface area contributed by atoms with E-state index in [-0.39, 0.29) is 12.1 Å². The van der Waals surface area contributed by atoms with Crippen LogP contribution in [0.25, 0.3) is 11.6 Å². The van der Waals surface area contributed by atoms with Crippen molar-refractivity contribution >= 4 is 0 Å². The largest absolute Gasteiger partial charge is 0.461 e. The zero-order chi connectivity index (χ0) is 14.7. The number of hydrogen-bond donors (Lipinski definition) is 1. The standard InChI is InChI=1S/C15H21N3O3/c1-2-12(19)11-6-3-4-8-18(11)10-14-16-15(17-21-14)13-7-5-9-20-13/h5,7,9,11-12,19H,2-4,6,8,10H2,1H3. The lowest BCUT2D eigenvalue weighted by atomic mass is 9.96. The minimum Gasteiger partial charge on any atom is -0.461 e. The predicted octanol–water partition coefficient (Wildman–Crippen LogP) is 2.46. The van der Waals surface area contributed by atoms with Gasteiger partial charge in [0.25, 0.3) is 0 Å². The molecule has 2 aromatic heterocycles. The van der Waals surface area contributed by atoms with Gasteiger partial charge in [0.15, 0.2) is 5.76 Å². The van der Waals surface area contributed by atoms with Gasteiger partial charge in [-0.2, -0.15) is 4.98 Å². The fraction of sp³-hybridized carbons (Fsp3) is 0.600. The Morgan fingerprint density at radius 3 is 3.14 bits per heavy atom. The lowest BCUT2D eigenvalue weighted by Crippen LogP contribution is -2.46. The molecule has 6 heteroatoms. The molecule has 0 saturated carbocycles. The van der Waals surface area contributed by atoms with E-state index >= 15 is 0 Å². The third-order valence-corrected chi connectivity index (χ3v) is 4.07. The van der Waals surface area contributed by atoms with Crippen LogP contribution >= 0.6 is 0 Å². The van der Waals surface area contributed by atoms with E-state index in [2.05, 4.69) is 15.0 Å². The van der Waals surface area contributed by atoms with E-state index in [9.17, 15) is 5.11 Å². The first kappa shape index (κ1) is 14.3. The number of likely N-dealkylation sites (tertiary alicyclic amines) is 1. The highest BCUT2D eigenvalue weighted by atomic mass is 16.5. The minimum absolute atomic E-state index is 0.183. The summed E-state index contributed by atoms with van der Waals surface area (Å²) < 4.78 is 10.6. The molecule has 1 saturated heterocycles. The van der Waals surface area contributed by atoms with Crippen LogP contribution in [0.1, 0.15) is 38.5 Å². The van der Waals surface area contributed by atoms with E-state index in [1.165, 1.54) is 6.42 Å². The topological polar surface area (TPSA) is 75.5 Å². The average molecular weight is 291 g/mol. The lowest BCUT2D eigenvalue weighted by molar-refractivity contribution is 0.0145. The quantitative estimate of drug-likeness (QED) is 0.912. The molecular weight excluding hydrogens is 270 g/mol. The fourth-order valence-electron chi connectivity index (χ4n) is 2.92. The van der Waals surface area contributed by atoms with Crippen LogP contribution in [-0.4, -0.2) is 38.8 Å². The van der Waals surface area contributed by atoms with E-state index in [0.29, 0.717) is 24.0 Å². The molecule has 3 rings (SSSR count). The first-order chi connectivity index (χ1) is 10.3. The molecule has 2 aromatic rings. The molecule has 1 aliphatic rings. The predicted molar refractivity (Wildman–Crippen MR) is 76.3 cm³/mol. The second kappa shape index (κ2) is 6.41. The van der Waals surface area contributed by atoms with Crippen molar-refractivity contribution in [3.05, 3.63) is 24.3 Å². The van der Waals surface area contributed by atoms with Crippen LogP contribution in [0.3, 0.4) is 0 Å². The summed E-state index contributed by atoms with van der Waals surface area (Å²) >= 11 is 0. The van der Waals surface area contributed by atoms with Gasteiger partial charge < -0.3 is 14.0 Å². The Hall–Kier alpha value is -1.66. The van der Waals surface area contributed by atoms with Gasteiger partial charge in [0.05, 0.1) is 18.9 Å². The maximum atomic E-state index is 10.2. The van der Waals surface area contributed by atoms with Crippen molar-refractivity contribution in [3.63, 3.8) is 0 Å². The van der Waals surface area contributed by atoms with E-state index in [1.54, 1.807) is 18.4 Å². The normalized spacial score (nSPS) is 21.5. The molecule has 1 fully saturated rings. The summed E-state index contributed by atoms with van der Waals surface area (Å²) in [6.07, 6.45) is 5.39. The second-order valence-corrected chi connectivity index (χ2v) is 5.50. The van der Waals surface area contributed by atoms with Crippen LogP contribution in [0.4, 0.5) is 0 Å². The average Bonchev–Trinajstić information content (AvgIpc) is 3.18. The van der Waals surface area contributed by atoms with Gasteiger partial charge in [-0.25, -0.2) is 0 Å². The Morgan fingerprint density at radius 1 is 1.48 bits per heavy atom. The molecule has 0 aromatic carbocycles. The van der Waals surface area contributed by atoms with E-state index in [1.807, 2.05) is 6.92 Å². The molecule has 0 spiro atoms. The highest BCUT2D eigenvalue weighted by Gasteiger charge is 2.29. The van der Waals surface area contributed by atoms with E-state index in [4.69, 9.17) is 8.94 Å². The van der Waals surface area contributed by atoms with Crippen molar-refractivity contribution in [3.8, 4) is 11.6 Å². The van der Waals surface area contributed by atoms with Crippen LogP contribution < -0.4 is 0 Å². The molecule has 114 valence electrons. The number of aliphatic hydroxyl groups excluding tert-OH is 1. The van der Waals surface area contributed by atoms with Crippen molar-refractivity contribution in [1.82, 2.24) is 15.0 Å². The number of hydrogen-bond acceptors (Lipinski definition) is 6. The first-order valence-corrected chi connectivity index (χ1v) is 7.56. The van der Waals surface area contributed by atoms with Crippen molar-refractivity contribution in [1.29, 1.82) is 0 Å². The van der Waals surface area contributed by atoms with Gasteiger partial charge in [-0.05, 0) is 37.9 Å². The molecule has 0 aliphatic carbocycles. The van der Waals surface area contributed by atoms with Crippen molar-refractivity contribution in [2.45, 2.75) is 51.3 Å². The summed E-state index contributed by atoms with van der Waals surface area (Å²) in [6, 6.07) is 3.78. The van der Waals surface area contributed by atoms with Gasteiger partial charge in [0.2, 0.25) is 11.7 Å². The van der Waals surface area contributed by atoms with Gasteiger partial charge in [-0.15, -0.1) is 0 Å². The minimum atomic E-state index is -0.294. The number of aromatic nitrogens is 2. The molecule has 0 bridgehead atoms. The Balaban J connectivity index is 1.70. The van der Waals surface area contributed by atoms with Gasteiger partial charge >= 0.3 is 0 Å². The number of furan rings is 1. The molecule has 2 unspecified atom stereocenters. The lowest BCUT2D eigenvalue weighted by Gasteiger charge is -2.37. The molecule has 1 aliphatic heterocycles. The summed E-state index contributed by atoms with van der Waals surface area (Å²) in [7, 11) is 0. The van der Waals surface area contributed by atoms with Gasteiger partial charge in [-0.3, -0.25) is 4.90 Å². The molecule has 0 amide bonds. The highest BCUT2D eigenvalue weighted by molar-refractivity contribution is 5.44. The Labute approximate surface area is 123 Å². The van der Waals surface area contributed by atoms with Crippen LogP contribution in [0.2, 0.25) is 0 Å². The summed E-state index contributed by atoms with van der Waals surface area (Å²) in [5.41, 5.74) is 0. The molecule has 2 atom stereocenters. The van der Waals surface area contributed by atoms with Crippen LogP contribution in [0.5, 0.6) is 0 Å². The zero-order valence-corrected chi connectivity index (χ0v) is 12.2. The van der Waals surface area contributed by atoms with Gasteiger partial charge in [-0.1, -0.05) is 18.5 Å². The first-order valence-electron chi connectivity index (χ1n) is 7.56. The zero-order valence-electron chi connectivity index (χ0n) is 12.2. The number of rotatable bonds is 5. The van der Waals surface area contributed by atoms with Gasteiger partial charge in [0, 0.05) is 6.04 Å². The second-order valence-electron chi connectivity index (χ2n) is 5.50. The van der Waals surface area contributed by atoms with E-state index in [0.717, 1.165) is 25.8 Å². The molecular formula is C15H21N3O3. The van der Waals surface area contributed by atoms with Crippen LogP contribution in [0.15, 0.2) is 27.3 Å². The third-order valence-electron chi connectivity index (χ3n) is 4.07. The molecule has 3 heterocycles. The Morgan fingerprint density at radius 2 is 2.38 bits per heavy atom. The fourth-order valence-corrected chi connectivity index (χ4v) is 2.92. The molecule has 6 nitrogen and oxygen atoms in total. The number of aliphatic hydroxyl groups is 1. The van der Waals surface area contributed by atoms with Gasteiger partial charge in [0.1, 0.15) is 0 Å². The van der Waals surface area contributed by atoms with Crippen molar-refractivity contribution in [2.75, 3.05) is 6.54 Å². The summed E-state index contributed by atoms with van der Waals surface area (Å²) in [4.78, 5) is 6.62. The molecule has 0 radical (unpaired) electrons. The number of nitrogens with zero attached hydrogens (tertiary/aromatic N) is 3. The maximum Gasteiger partial charge on any atom is 0.241 e. The van der Waals surface area contributed by atoms with Crippen LogP contribution in [0, 0.1) is 0 Å². The summed E-state index contributed by atoms with van der Waals surface area (Å²) in [5.74, 6) is 1.64. The number of piperidine rings is 1. The third kappa shape index (κ3) is 3.16.